The molecule has 16 nitrogen and oxygen atoms in total. The first-order chi connectivity index (χ1) is 30.3. The first-order valence-electron chi connectivity index (χ1n) is 19.7. The van der Waals surface area contributed by atoms with Gasteiger partial charge in [-0.05, 0) is 72.1 Å². The molecule has 0 bridgehead atoms. The average molecular weight is 880 g/mol. The highest BCUT2D eigenvalue weighted by Gasteiger charge is 2.45. The van der Waals surface area contributed by atoms with Crippen LogP contribution in [0.2, 0.25) is 0 Å². The maximum absolute atomic E-state index is 14.4. The number of hydrogen-bond acceptors (Lipinski definition) is 13. The monoisotopic (exact) mass is 879 g/mol. The van der Waals surface area contributed by atoms with Crippen LogP contribution in [0.25, 0.3) is 0 Å². The number of aryl methyl sites for hydroxylation is 1. The molecule has 0 aliphatic carbocycles. The number of rotatable bonds is 17. The van der Waals surface area contributed by atoms with Gasteiger partial charge in [0.05, 0.1) is 51.4 Å². The van der Waals surface area contributed by atoms with Crippen molar-refractivity contribution in [2.45, 2.75) is 48.8 Å². The molecule has 0 N–H and O–H groups in total. The van der Waals surface area contributed by atoms with Crippen molar-refractivity contribution in [1.29, 1.82) is 0 Å². The summed E-state index contributed by atoms with van der Waals surface area (Å²) in [4.78, 5) is 38.3. The van der Waals surface area contributed by atoms with Crippen LogP contribution < -0.4 is 30.2 Å². The Morgan fingerprint density at radius 1 is 0.762 bits per heavy atom. The Hall–Kier alpha value is -6.79. The summed E-state index contributed by atoms with van der Waals surface area (Å²) in [6.45, 7) is 1.10. The molecule has 17 heteroatoms. The van der Waals surface area contributed by atoms with Crippen molar-refractivity contribution >= 4 is 15.8 Å². The maximum atomic E-state index is 14.4. The van der Waals surface area contributed by atoms with E-state index in [1.54, 1.807) is 63.6 Å². The van der Waals surface area contributed by atoms with Crippen LogP contribution in [0.4, 0.5) is 5.69 Å². The van der Waals surface area contributed by atoms with Gasteiger partial charge in [-0.2, -0.15) is 8.42 Å². The summed E-state index contributed by atoms with van der Waals surface area (Å²) < 4.78 is 71.5. The molecule has 1 fully saturated rings. The van der Waals surface area contributed by atoms with E-state index in [1.165, 1.54) is 25.0 Å². The topological polar surface area (TPSA) is 186 Å². The lowest BCUT2D eigenvalue weighted by Crippen LogP contribution is -2.42. The fourth-order valence-corrected chi connectivity index (χ4v) is 8.72. The molecule has 7 rings (SSSR count). The number of ether oxygens (including phenoxy) is 6. The Morgan fingerprint density at radius 2 is 1.33 bits per heavy atom. The van der Waals surface area contributed by atoms with Gasteiger partial charge >= 0.3 is 5.69 Å². The standard InChI is InChI=1S/C46H45N3O13S/c1-30-27-47(45(51)48(44(30)50)28-31-11-18-38(58-4)25-40(31)59-5)43-26-41(62-63(54,55)39-23-16-35(17-24-39)49(52)53)42(61-43)29-60-46(32-9-7-6-8-10-32,33-12-19-36(56-2)20-13-33)34-14-21-37(57-3)22-15-34/h6-25,27,41-43H,26,28-29H2,1-5H3/t41-,42+,43+/m1/s1. The van der Waals surface area contributed by atoms with Gasteiger partial charge in [-0.15, -0.1) is 0 Å². The number of hydrogen-bond donors (Lipinski definition) is 0. The number of nitro benzene ring substituents is 1. The smallest absolute Gasteiger partial charge is 0.333 e. The number of benzene rings is 5. The summed E-state index contributed by atoms with van der Waals surface area (Å²) >= 11 is 0. The van der Waals surface area contributed by atoms with Crippen LogP contribution in [-0.2, 0) is 35.9 Å². The molecular formula is C46H45N3O13S. The highest BCUT2D eigenvalue weighted by atomic mass is 32.2. The van der Waals surface area contributed by atoms with Crippen LogP contribution in [0, 0.1) is 17.0 Å². The Labute approximate surface area is 363 Å². The first kappa shape index (κ1) is 44.3. The molecule has 0 saturated carbocycles. The fraction of sp³-hybridized carbons (Fsp3) is 0.261. The van der Waals surface area contributed by atoms with E-state index in [1.807, 2.05) is 54.6 Å². The first-order valence-corrected chi connectivity index (χ1v) is 21.1. The fourth-order valence-electron chi connectivity index (χ4n) is 7.61. The zero-order valence-corrected chi connectivity index (χ0v) is 35.9. The molecule has 1 aromatic heterocycles. The van der Waals surface area contributed by atoms with Crippen molar-refractivity contribution in [2.75, 3.05) is 35.0 Å². The zero-order valence-electron chi connectivity index (χ0n) is 35.0. The van der Waals surface area contributed by atoms with Crippen molar-refractivity contribution in [2.24, 2.45) is 0 Å². The molecule has 5 aromatic carbocycles. The molecule has 3 atom stereocenters. The van der Waals surface area contributed by atoms with E-state index in [0.717, 1.165) is 34.4 Å². The SMILES string of the molecule is COc1ccc(C(OC[C@@H]2O[C@H](n3cc(C)c(=O)n(Cc4ccc(OC)cc4OC)c3=O)C[C@H]2OS(=O)(=O)c2ccc([N+](=O)[O-])cc2)(c2ccccc2)c2ccc(OC)cc2)cc1. The minimum atomic E-state index is -4.59. The second-order valence-electron chi connectivity index (χ2n) is 14.6. The zero-order chi connectivity index (χ0) is 44.9. The van der Waals surface area contributed by atoms with E-state index < -0.39 is 50.3 Å². The van der Waals surface area contributed by atoms with Gasteiger partial charge in [0.15, 0.2) is 0 Å². The van der Waals surface area contributed by atoms with E-state index in [9.17, 15) is 28.1 Å². The molecule has 0 unspecified atom stereocenters. The summed E-state index contributed by atoms with van der Waals surface area (Å²) in [5.41, 5.74) is -0.0947. The highest BCUT2D eigenvalue weighted by molar-refractivity contribution is 7.86. The molecular weight excluding hydrogens is 835 g/mol. The summed E-state index contributed by atoms with van der Waals surface area (Å²) in [5, 5.41) is 11.4. The van der Waals surface area contributed by atoms with Crippen LogP contribution in [0.1, 0.15) is 40.5 Å². The predicted octanol–water partition coefficient (Wildman–Crippen LogP) is 6.38. The number of methoxy groups -OCH3 is 4. The lowest BCUT2D eigenvalue weighted by molar-refractivity contribution is -0.384. The van der Waals surface area contributed by atoms with Crippen molar-refractivity contribution in [3.8, 4) is 23.0 Å². The molecule has 2 heterocycles. The van der Waals surface area contributed by atoms with Crippen molar-refractivity contribution < 1.29 is 45.9 Å². The third-order valence-electron chi connectivity index (χ3n) is 10.9. The van der Waals surface area contributed by atoms with Gasteiger partial charge in [0.25, 0.3) is 21.4 Å². The van der Waals surface area contributed by atoms with Gasteiger partial charge in [-0.3, -0.25) is 28.2 Å². The van der Waals surface area contributed by atoms with E-state index in [4.69, 9.17) is 32.6 Å². The van der Waals surface area contributed by atoms with Crippen LogP contribution in [0.15, 0.2) is 142 Å². The molecule has 328 valence electrons. The number of non-ortho nitro benzene ring substituents is 1. The molecule has 6 aromatic rings. The molecule has 1 saturated heterocycles. The lowest BCUT2D eigenvalue weighted by atomic mass is 9.80. The summed E-state index contributed by atoms with van der Waals surface area (Å²) in [7, 11) is 1.50. The summed E-state index contributed by atoms with van der Waals surface area (Å²) in [6, 6.07) is 33.4. The summed E-state index contributed by atoms with van der Waals surface area (Å²) in [6.07, 6.45) is -2.40. The predicted molar refractivity (Wildman–Crippen MR) is 230 cm³/mol. The average Bonchev–Trinajstić information content (AvgIpc) is 3.70. The minimum Gasteiger partial charge on any atom is -0.497 e. The van der Waals surface area contributed by atoms with Crippen LogP contribution in [0.3, 0.4) is 0 Å². The molecule has 0 radical (unpaired) electrons. The Morgan fingerprint density at radius 3 is 1.89 bits per heavy atom. The van der Waals surface area contributed by atoms with Crippen LogP contribution in [-0.4, -0.2) is 69.7 Å². The summed E-state index contributed by atoms with van der Waals surface area (Å²) in [5.74, 6) is 2.12. The third kappa shape index (κ3) is 9.08. The molecule has 1 aliphatic heterocycles. The van der Waals surface area contributed by atoms with Crippen molar-refractivity contribution in [3.63, 3.8) is 0 Å². The molecule has 1 aliphatic rings. The third-order valence-corrected chi connectivity index (χ3v) is 12.3. The number of aromatic nitrogens is 2. The van der Waals surface area contributed by atoms with E-state index >= 15 is 0 Å². The Balaban J connectivity index is 1.32. The van der Waals surface area contributed by atoms with Crippen molar-refractivity contribution in [3.05, 3.63) is 186 Å². The van der Waals surface area contributed by atoms with E-state index in [0.29, 0.717) is 39.7 Å². The number of nitrogens with zero attached hydrogens (tertiary/aromatic N) is 3. The molecule has 0 amide bonds. The number of nitro groups is 1. The molecule has 0 spiro atoms. The van der Waals surface area contributed by atoms with Gasteiger partial charge in [-0.25, -0.2) is 4.79 Å². The Kier molecular flexibility index (Phi) is 13.1. The minimum absolute atomic E-state index is 0.163. The normalized spacial score (nSPS) is 16.4. The quantitative estimate of drug-likeness (QED) is 0.0426. The van der Waals surface area contributed by atoms with Gasteiger partial charge < -0.3 is 28.4 Å². The van der Waals surface area contributed by atoms with Crippen LogP contribution >= 0.6 is 0 Å². The lowest BCUT2D eigenvalue weighted by Gasteiger charge is -2.37. The molecule has 63 heavy (non-hydrogen) atoms. The van der Waals surface area contributed by atoms with E-state index in [2.05, 4.69) is 0 Å². The van der Waals surface area contributed by atoms with E-state index in [-0.39, 0.29) is 35.7 Å². The maximum Gasteiger partial charge on any atom is 0.333 e. The Bertz CT molecular complexity index is 2750. The second kappa shape index (κ2) is 18.7. The van der Waals surface area contributed by atoms with Crippen molar-refractivity contribution in [1.82, 2.24) is 9.13 Å². The van der Waals surface area contributed by atoms with Gasteiger partial charge in [0.1, 0.15) is 47.0 Å². The van der Waals surface area contributed by atoms with Crippen LogP contribution in [0.5, 0.6) is 23.0 Å². The van der Waals surface area contributed by atoms with Gasteiger partial charge in [0.2, 0.25) is 0 Å². The second-order valence-corrected chi connectivity index (χ2v) is 16.2. The highest BCUT2D eigenvalue weighted by Crippen LogP contribution is 2.43. The largest absolute Gasteiger partial charge is 0.497 e. The van der Waals surface area contributed by atoms with Gasteiger partial charge in [0, 0.05) is 41.9 Å². The van der Waals surface area contributed by atoms with Gasteiger partial charge in [-0.1, -0.05) is 54.6 Å².